The van der Waals surface area contributed by atoms with Gasteiger partial charge in [0.2, 0.25) is 0 Å². The first-order chi connectivity index (χ1) is 14.4. The number of amides is 1. The summed E-state index contributed by atoms with van der Waals surface area (Å²) < 4.78 is 26.9. The number of carbonyl (C=O) groups is 1. The van der Waals surface area contributed by atoms with Crippen molar-refractivity contribution < 1.29 is 13.2 Å². The van der Waals surface area contributed by atoms with Gasteiger partial charge in [0.25, 0.3) is 15.9 Å². The van der Waals surface area contributed by atoms with Gasteiger partial charge < -0.3 is 15.5 Å². The van der Waals surface area contributed by atoms with E-state index in [1.165, 1.54) is 5.56 Å². The summed E-state index contributed by atoms with van der Waals surface area (Å²) >= 11 is 0. The van der Waals surface area contributed by atoms with Crippen molar-refractivity contribution in [2.75, 3.05) is 22.9 Å². The molecule has 2 heterocycles. The van der Waals surface area contributed by atoms with Crippen molar-refractivity contribution in [3.05, 3.63) is 84.1 Å². The van der Waals surface area contributed by atoms with Crippen molar-refractivity contribution in [3.63, 3.8) is 0 Å². The zero-order valence-corrected chi connectivity index (χ0v) is 17.3. The van der Waals surface area contributed by atoms with Crippen molar-refractivity contribution in [1.82, 2.24) is 4.90 Å². The van der Waals surface area contributed by atoms with Crippen LogP contribution >= 0.6 is 0 Å². The summed E-state index contributed by atoms with van der Waals surface area (Å²) in [6, 6.07) is 17.8. The lowest BCUT2D eigenvalue weighted by Crippen LogP contribution is -2.37. The maximum Gasteiger partial charge on any atom is 0.257 e. The normalized spacial score (nSPS) is 18.0. The van der Waals surface area contributed by atoms with E-state index in [0.717, 1.165) is 5.69 Å². The van der Waals surface area contributed by atoms with Crippen LogP contribution in [0.4, 0.5) is 11.4 Å². The third kappa shape index (κ3) is 4.60. The van der Waals surface area contributed by atoms with Gasteiger partial charge in [0.1, 0.15) is 5.84 Å². The quantitative estimate of drug-likeness (QED) is 0.772. The molecule has 7 nitrogen and oxygen atoms in total. The summed E-state index contributed by atoms with van der Waals surface area (Å²) in [5.41, 5.74) is 3.26. The minimum Gasteiger partial charge on any atom is -0.379 e. The first kappa shape index (κ1) is 19.9. The highest BCUT2D eigenvalue weighted by Gasteiger charge is 2.25. The third-order valence-electron chi connectivity index (χ3n) is 4.91. The van der Waals surface area contributed by atoms with Gasteiger partial charge >= 0.3 is 0 Å². The van der Waals surface area contributed by atoms with Crippen molar-refractivity contribution in [3.8, 4) is 0 Å². The Morgan fingerprint density at radius 3 is 2.47 bits per heavy atom. The Hall–Kier alpha value is -3.39. The van der Waals surface area contributed by atoms with Gasteiger partial charge in [-0.3, -0.25) is 4.79 Å². The first-order valence-corrected chi connectivity index (χ1v) is 11.2. The predicted octanol–water partition coefficient (Wildman–Crippen LogP) is 3.30. The first-order valence-electron chi connectivity index (χ1n) is 9.62. The highest BCUT2D eigenvalue weighted by atomic mass is 32.2. The Bertz CT molecular complexity index is 1140. The molecule has 0 radical (unpaired) electrons. The molecule has 0 saturated carbocycles. The maximum atomic E-state index is 12.6. The molecule has 8 heteroatoms. The molecule has 0 aliphatic carbocycles. The number of hydrogen-bond acceptors (Lipinski definition) is 5. The number of sulfonamides is 1. The van der Waals surface area contributed by atoms with Crippen LogP contribution in [0, 0.1) is 0 Å². The molecule has 0 bridgehead atoms. The highest BCUT2D eigenvalue weighted by Crippen LogP contribution is 2.22. The number of carbonyl (C=O) groups excluding carboxylic acids is 1. The molecule has 0 saturated heterocycles. The third-order valence-corrected chi connectivity index (χ3v) is 6.08. The minimum atomic E-state index is -3.41. The number of nitrogens with zero attached hydrogens (tertiary/aromatic N) is 2. The van der Waals surface area contributed by atoms with E-state index in [-0.39, 0.29) is 24.2 Å². The number of rotatable bonds is 5. The van der Waals surface area contributed by atoms with Crippen LogP contribution in [-0.4, -0.2) is 37.4 Å². The monoisotopic (exact) mass is 422 g/mol. The second-order valence-corrected chi connectivity index (χ2v) is 8.91. The van der Waals surface area contributed by atoms with Gasteiger partial charge in [-0.25, -0.2) is 8.42 Å². The molecule has 0 unspecified atom stereocenters. The molecule has 2 aromatic rings. The van der Waals surface area contributed by atoms with Gasteiger partial charge in [-0.1, -0.05) is 30.3 Å². The molecular formula is C22H22N4O3S. The molecule has 2 aliphatic rings. The highest BCUT2D eigenvalue weighted by molar-refractivity contribution is 7.90. The molecule has 0 fully saturated rings. The number of amidine groups is 1. The molecule has 154 valence electrons. The van der Waals surface area contributed by atoms with Gasteiger partial charge in [-0.15, -0.1) is 4.40 Å². The number of fused-ring (bicyclic) bond motifs is 1. The van der Waals surface area contributed by atoms with E-state index in [2.05, 4.69) is 34.1 Å². The Balaban J connectivity index is 1.39. The lowest BCUT2D eigenvalue weighted by Gasteiger charge is -2.26. The molecule has 2 N–H and O–H groups in total. The van der Waals surface area contributed by atoms with Crippen LogP contribution in [-0.2, 0) is 14.8 Å². The van der Waals surface area contributed by atoms with Gasteiger partial charge in [0.05, 0.1) is 11.3 Å². The van der Waals surface area contributed by atoms with Gasteiger partial charge in [0.15, 0.2) is 0 Å². The molecule has 1 atom stereocenters. The molecular weight excluding hydrogens is 400 g/mol. The van der Waals surface area contributed by atoms with Crippen LogP contribution in [0.5, 0.6) is 0 Å². The average Bonchev–Trinajstić information content (AvgIpc) is 2.74. The predicted molar refractivity (Wildman–Crippen MR) is 119 cm³/mol. The average molecular weight is 423 g/mol. The molecule has 0 aromatic heterocycles. The fraction of sp³-hybridized carbons (Fsp3) is 0.182. The molecule has 0 spiro atoms. The number of anilines is 2. The smallest absolute Gasteiger partial charge is 0.257 e. The van der Waals surface area contributed by atoms with Gasteiger partial charge in [0, 0.05) is 30.2 Å². The summed E-state index contributed by atoms with van der Waals surface area (Å²) in [6.07, 6.45) is 4.74. The van der Waals surface area contributed by atoms with Crippen LogP contribution < -0.4 is 10.6 Å². The van der Waals surface area contributed by atoms with E-state index in [1.54, 1.807) is 23.3 Å². The van der Waals surface area contributed by atoms with Gasteiger partial charge in [-0.05, 0) is 48.9 Å². The van der Waals surface area contributed by atoms with Crippen molar-refractivity contribution in [1.29, 1.82) is 0 Å². The second kappa shape index (κ2) is 8.16. The van der Waals surface area contributed by atoms with Gasteiger partial charge in [-0.2, -0.15) is 0 Å². The van der Waals surface area contributed by atoms with Crippen LogP contribution in [0.25, 0.3) is 0 Å². The van der Waals surface area contributed by atoms with E-state index < -0.39 is 10.0 Å². The fourth-order valence-corrected chi connectivity index (χ4v) is 4.23. The molecule has 2 aliphatic heterocycles. The summed E-state index contributed by atoms with van der Waals surface area (Å²) in [4.78, 5) is 14.3. The maximum absolute atomic E-state index is 12.6. The SMILES string of the molecule is C[C@H](Nc1ccc(NC(=O)C2=CN3CCS(=O)(=O)N=C3C=C2)cc1)c1ccccc1. The molecule has 1 amide bonds. The topological polar surface area (TPSA) is 90.9 Å². The summed E-state index contributed by atoms with van der Waals surface area (Å²) in [6.45, 7) is 2.37. The van der Waals surface area contributed by atoms with E-state index >= 15 is 0 Å². The van der Waals surface area contributed by atoms with Crippen molar-refractivity contribution >= 4 is 33.1 Å². The van der Waals surface area contributed by atoms with Crippen LogP contribution in [0.15, 0.2) is 82.9 Å². The minimum absolute atomic E-state index is 0.0639. The van der Waals surface area contributed by atoms with Crippen LogP contribution in [0.2, 0.25) is 0 Å². The second-order valence-electron chi connectivity index (χ2n) is 7.15. The fourth-order valence-electron chi connectivity index (χ4n) is 3.26. The van der Waals surface area contributed by atoms with Crippen LogP contribution in [0.1, 0.15) is 18.5 Å². The van der Waals surface area contributed by atoms with E-state index in [9.17, 15) is 13.2 Å². The Morgan fingerprint density at radius 2 is 1.73 bits per heavy atom. The zero-order chi connectivity index (χ0) is 21.1. The Kier molecular flexibility index (Phi) is 5.41. The van der Waals surface area contributed by atoms with E-state index in [1.807, 2.05) is 42.5 Å². The zero-order valence-electron chi connectivity index (χ0n) is 16.4. The Morgan fingerprint density at radius 1 is 1.03 bits per heavy atom. The lowest BCUT2D eigenvalue weighted by molar-refractivity contribution is -0.112. The molecule has 2 aromatic carbocycles. The van der Waals surface area contributed by atoms with Crippen molar-refractivity contribution in [2.24, 2.45) is 4.40 Å². The summed E-state index contributed by atoms with van der Waals surface area (Å²) in [7, 11) is -3.41. The number of nitrogens with one attached hydrogen (secondary N) is 2. The van der Waals surface area contributed by atoms with E-state index in [4.69, 9.17) is 0 Å². The number of hydrogen-bond donors (Lipinski definition) is 2. The number of benzene rings is 2. The molecule has 4 rings (SSSR count). The van der Waals surface area contributed by atoms with Crippen molar-refractivity contribution in [2.45, 2.75) is 13.0 Å². The summed E-state index contributed by atoms with van der Waals surface area (Å²) in [5, 5.41) is 6.30. The lowest BCUT2D eigenvalue weighted by atomic mass is 10.1. The summed E-state index contributed by atoms with van der Waals surface area (Å²) in [5.74, 6) is 0.00358. The standard InChI is InChI=1S/C22H22N4O3S/c1-16(17-5-3-2-4-6-17)23-19-8-10-20(11-9-19)24-22(27)18-7-12-21-25-30(28,29)14-13-26(21)15-18/h2-12,15-16,23H,13-14H2,1H3,(H,24,27)/t16-/m0/s1. The van der Waals surface area contributed by atoms with E-state index in [0.29, 0.717) is 17.1 Å². The van der Waals surface area contributed by atoms with Crippen LogP contribution in [0.3, 0.4) is 0 Å². The molecule has 30 heavy (non-hydrogen) atoms. The Labute approximate surface area is 175 Å². The largest absolute Gasteiger partial charge is 0.379 e.